The van der Waals surface area contributed by atoms with E-state index in [2.05, 4.69) is 9.62 Å². The van der Waals surface area contributed by atoms with Gasteiger partial charge in [0.2, 0.25) is 10.0 Å². The molecule has 0 aliphatic carbocycles. The van der Waals surface area contributed by atoms with Crippen LogP contribution < -0.4 is 4.72 Å². The van der Waals surface area contributed by atoms with Gasteiger partial charge in [-0.2, -0.15) is 17.0 Å². The van der Waals surface area contributed by atoms with Gasteiger partial charge < -0.3 is 4.90 Å². The van der Waals surface area contributed by atoms with E-state index in [0.29, 0.717) is 13.1 Å². The highest BCUT2D eigenvalue weighted by Gasteiger charge is 2.19. The molecule has 0 bridgehead atoms. The lowest BCUT2D eigenvalue weighted by atomic mass is 10.2. The number of halogens is 1. The number of sulfonamides is 1. The highest BCUT2D eigenvalue weighted by atomic mass is 35.5. The second-order valence-electron chi connectivity index (χ2n) is 4.61. The van der Waals surface area contributed by atoms with Crippen LogP contribution in [-0.2, 0) is 10.0 Å². The summed E-state index contributed by atoms with van der Waals surface area (Å²) in [4.78, 5) is 2.18. The lowest BCUT2D eigenvalue weighted by Crippen LogP contribution is -2.39. The van der Waals surface area contributed by atoms with Crippen molar-refractivity contribution < 1.29 is 8.42 Å². The number of hydrogen-bond acceptors (Lipinski definition) is 5. The second-order valence-corrected chi connectivity index (χ2v) is 7.98. The number of nitriles is 1. The Hall–Kier alpha value is -0.780. The molecule has 0 saturated carbocycles. The van der Waals surface area contributed by atoms with Gasteiger partial charge in [-0.1, -0.05) is 11.6 Å². The van der Waals surface area contributed by atoms with E-state index in [1.165, 1.54) is 18.2 Å². The van der Waals surface area contributed by atoms with Crippen LogP contribution >= 0.6 is 23.4 Å². The third-order valence-electron chi connectivity index (χ3n) is 3.17. The van der Waals surface area contributed by atoms with Crippen LogP contribution in [0.15, 0.2) is 23.1 Å². The Balaban J connectivity index is 1.99. The molecular formula is C13H16ClN3O2S2. The minimum Gasteiger partial charge on any atom is -0.300 e. The van der Waals surface area contributed by atoms with Crippen molar-refractivity contribution in [1.29, 1.82) is 5.26 Å². The van der Waals surface area contributed by atoms with Gasteiger partial charge in [0, 0.05) is 37.7 Å². The Bertz CT molecular complexity index is 637. The van der Waals surface area contributed by atoms with Gasteiger partial charge in [0.1, 0.15) is 4.90 Å². The molecule has 114 valence electrons. The molecule has 5 nitrogen and oxygen atoms in total. The van der Waals surface area contributed by atoms with Crippen LogP contribution in [0.1, 0.15) is 5.56 Å². The summed E-state index contributed by atoms with van der Waals surface area (Å²) in [5.74, 6) is 2.17. The molecule has 0 radical (unpaired) electrons. The normalized spacial score (nSPS) is 16.6. The van der Waals surface area contributed by atoms with Crippen LogP contribution in [0.3, 0.4) is 0 Å². The summed E-state index contributed by atoms with van der Waals surface area (Å²) in [7, 11) is -3.69. The minimum absolute atomic E-state index is 0.0441. The van der Waals surface area contributed by atoms with Crippen LogP contribution in [0.25, 0.3) is 0 Å². The molecule has 0 atom stereocenters. The second kappa shape index (κ2) is 7.47. The zero-order chi connectivity index (χ0) is 15.3. The van der Waals surface area contributed by atoms with Gasteiger partial charge >= 0.3 is 0 Å². The molecule has 0 amide bonds. The van der Waals surface area contributed by atoms with Crippen molar-refractivity contribution in [2.45, 2.75) is 4.90 Å². The molecule has 8 heteroatoms. The summed E-state index contributed by atoms with van der Waals surface area (Å²) >= 11 is 7.84. The summed E-state index contributed by atoms with van der Waals surface area (Å²) in [6, 6.07) is 6.13. The number of rotatable bonds is 5. The fourth-order valence-corrected chi connectivity index (χ4v) is 4.54. The van der Waals surface area contributed by atoms with E-state index >= 15 is 0 Å². The minimum atomic E-state index is -3.69. The van der Waals surface area contributed by atoms with Crippen LogP contribution in [-0.4, -0.2) is 51.0 Å². The number of benzene rings is 1. The molecule has 1 fully saturated rings. The topological polar surface area (TPSA) is 73.2 Å². The summed E-state index contributed by atoms with van der Waals surface area (Å²) in [5, 5.41) is 8.97. The van der Waals surface area contributed by atoms with Gasteiger partial charge in [-0.15, -0.1) is 0 Å². The van der Waals surface area contributed by atoms with Crippen molar-refractivity contribution in [3.8, 4) is 6.07 Å². The molecule has 1 heterocycles. The number of thioether (sulfide) groups is 1. The quantitative estimate of drug-likeness (QED) is 0.876. The third-order valence-corrected chi connectivity index (χ3v) is 6.06. The van der Waals surface area contributed by atoms with E-state index in [4.69, 9.17) is 16.9 Å². The predicted molar refractivity (Wildman–Crippen MR) is 85.1 cm³/mol. The molecule has 1 saturated heterocycles. The van der Waals surface area contributed by atoms with E-state index < -0.39 is 10.0 Å². The van der Waals surface area contributed by atoms with E-state index in [9.17, 15) is 8.42 Å². The van der Waals surface area contributed by atoms with Gasteiger partial charge in [-0.3, -0.25) is 0 Å². The first-order valence-electron chi connectivity index (χ1n) is 6.52. The molecule has 1 N–H and O–H groups in total. The molecule has 1 aromatic rings. The van der Waals surface area contributed by atoms with Crippen LogP contribution in [0.2, 0.25) is 5.02 Å². The van der Waals surface area contributed by atoms with Gasteiger partial charge in [0.15, 0.2) is 0 Å². The number of hydrogen-bond donors (Lipinski definition) is 1. The van der Waals surface area contributed by atoms with Gasteiger partial charge in [0.25, 0.3) is 0 Å². The standard InChI is InChI=1S/C13H16ClN3O2S2/c14-12-2-1-11(10-15)9-13(12)21(18,19)16-3-4-17-5-7-20-8-6-17/h1-2,9,16H,3-8H2. The van der Waals surface area contributed by atoms with Gasteiger partial charge in [-0.05, 0) is 18.2 Å². The highest BCUT2D eigenvalue weighted by Crippen LogP contribution is 2.22. The smallest absolute Gasteiger partial charge is 0.242 e. The third kappa shape index (κ3) is 4.59. The van der Waals surface area contributed by atoms with E-state index in [-0.39, 0.29) is 15.5 Å². The molecule has 1 aliphatic rings. The van der Waals surface area contributed by atoms with Crippen LogP contribution in [0, 0.1) is 11.3 Å². The van der Waals surface area contributed by atoms with Gasteiger partial charge in [0.05, 0.1) is 16.7 Å². The molecule has 0 aromatic heterocycles. The Kier molecular flexibility index (Phi) is 5.90. The predicted octanol–water partition coefficient (Wildman–Crippen LogP) is 1.54. The van der Waals surface area contributed by atoms with Crippen molar-refractivity contribution in [3.63, 3.8) is 0 Å². The number of nitrogens with one attached hydrogen (secondary N) is 1. The molecule has 0 unspecified atom stereocenters. The summed E-state index contributed by atoms with van der Waals surface area (Å²) in [6.07, 6.45) is 0. The van der Waals surface area contributed by atoms with E-state index in [0.717, 1.165) is 24.6 Å². The van der Waals surface area contributed by atoms with Crippen LogP contribution in [0.4, 0.5) is 0 Å². The Morgan fingerprint density at radius 1 is 1.38 bits per heavy atom. The van der Waals surface area contributed by atoms with Crippen molar-refractivity contribution in [1.82, 2.24) is 9.62 Å². The molecule has 1 aliphatic heterocycles. The first-order valence-corrected chi connectivity index (χ1v) is 9.54. The highest BCUT2D eigenvalue weighted by molar-refractivity contribution is 7.99. The molecule has 0 spiro atoms. The maximum absolute atomic E-state index is 12.2. The monoisotopic (exact) mass is 345 g/mol. The van der Waals surface area contributed by atoms with Crippen molar-refractivity contribution in [2.75, 3.05) is 37.7 Å². The number of nitrogens with zero attached hydrogens (tertiary/aromatic N) is 2. The van der Waals surface area contributed by atoms with E-state index in [1.54, 1.807) is 0 Å². The van der Waals surface area contributed by atoms with Crippen molar-refractivity contribution in [3.05, 3.63) is 28.8 Å². The van der Waals surface area contributed by atoms with Crippen molar-refractivity contribution in [2.24, 2.45) is 0 Å². The SMILES string of the molecule is N#Cc1ccc(Cl)c(S(=O)(=O)NCCN2CCSCC2)c1. The average molecular weight is 346 g/mol. The first kappa shape index (κ1) is 16.6. The van der Waals surface area contributed by atoms with Gasteiger partial charge in [-0.25, -0.2) is 13.1 Å². The Morgan fingerprint density at radius 2 is 2.10 bits per heavy atom. The molecule has 1 aromatic carbocycles. The molecular weight excluding hydrogens is 330 g/mol. The maximum atomic E-state index is 12.2. The van der Waals surface area contributed by atoms with Crippen LogP contribution in [0.5, 0.6) is 0 Å². The largest absolute Gasteiger partial charge is 0.300 e. The summed E-state index contributed by atoms with van der Waals surface area (Å²) < 4.78 is 27.0. The fraction of sp³-hybridized carbons (Fsp3) is 0.462. The zero-order valence-corrected chi connectivity index (χ0v) is 13.8. The fourth-order valence-electron chi connectivity index (χ4n) is 2.02. The molecule has 21 heavy (non-hydrogen) atoms. The first-order chi connectivity index (χ1) is 10.0. The summed E-state index contributed by atoms with van der Waals surface area (Å²) in [6.45, 7) is 2.98. The summed E-state index contributed by atoms with van der Waals surface area (Å²) in [5.41, 5.74) is 0.271. The lowest BCUT2D eigenvalue weighted by Gasteiger charge is -2.26. The average Bonchev–Trinajstić information content (AvgIpc) is 2.48. The maximum Gasteiger partial charge on any atom is 0.242 e. The lowest BCUT2D eigenvalue weighted by molar-refractivity contribution is 0.307. The van der Waals surface area contributed by atoms with Crippen molar-refractivity contribution >= 4 is 33.4 Å². The zero-order valence-electron chi connectivity index (χ0n) is 11.4. The Morgan fingerprint density at radius 3 is 2.76 bits per heavy atom. The molecule has 2 rings (SSSR count). The van der Waals surface area contributed by atoms with E-state index in [1.807, 2.05) is 17.8 Å². The Labute approximate surface area is 134 Å².